The maximum atomic E-state index is 3.11. The van der Waals surface area contributed by atoms with Crippen LogP contribution in [0.2, 0.25) is 0 Å². The molecule has 0 amide bonds. The minimum absolute atomic E-state index is 1.04. The van der Waals surface area contributed by atoms with Crippen LogP contribution in [0.1, 0.15) is 52.9 Å². The highest BCUT2D eigenvalue weighted by atomic mass is 14.8. The average molecular weight is 171 g/mol. The lowest BCUT2D eigenvalue weighted by Crippen LogP contribution is -2.09. The number of rotatable bonds is 2. The van der Waals surface area contributed by atoms with Crippen LogP contribution in [0.3, 0.4) is 0 Å². The molecule has 1 fully saturated rings. The summed E-state index contributed by atoms with van der Waals surface area (Å²) in [6.45, 7) is 8.75. The van der Waals surface area contributed by atoms with E-state index in [4.69, 9.17) is 0 Å². The van der Waals surface area contributed by atoms with Crippen LogP contribution in [0, 0.1) is 5.92 Å². The second-order valence-corrected chi connectivity index (χ2v) is 3.70. The first-order valence-electron chi connectivity index (χ1n) is 5.52. The van der Waals surface area contributed by atoms with Gasteiger partial charge in [-0.15, -0.1) is 0 Å². The van der Waals surface area contributed by atoms with Gasteiger partial charge >= 0.3 is 0 Å². The Balaban J connectivity index is 0.000000217. The predicted molar refractivity (Wildman–Crippen MR) is 56.5 cm³/mol. The SMILES string of the molecule is CC1CCCCC1.CCNCC. The van der Waals surface area contributed by atoms with Gasteiger partial charge in [0.1, 0.15) is 0 Å². The van der Waals surface area contributed by atoms with Crippen LogP contribution in [0.4, 0.5) is 0 Å². The molecule has 0 aliphatic heterocycles. The van der Waals surface area contributed by atoms with Crippen LogP contribution >= 0.6 is 0 Å². The van der Waals surface area contributed by atoms with Crippen LogP contribution in [0.15, 0.2) is 0 Å². The third-order valence-corrected chi connectivity index (χ3v) is 2.39. The van der Waals surface area contributed by atoms with Gasteiger partial charge in [0, 0.05) is 0 Å². The molecule has 0 aromatic heterocycles. The molecule has 1 aliphatic rings. The summed E-state index contributed by atoms with van der Waals surface area (Å²) in [6.07, 6.45) is 7.44. The summed E-state index contributed by atoms with van der Waals surface area (Å²) in [4.78, 5) is 0. The Hall–Kier alpha value is -0.0400. The molecule has 0 radical (unpaired) electrons. The first-order chi connectivity index (χ1) is 5.81. The molecule has 0 spiro atoms. The van der Waals surface area contributed by atoms with E-state index < -0.39 is 0 Å². The molecule has 0 heterocycles. The Morgan fingerprint density at radius 2 is 1.50 bits per heavy atom. The molecule has 1 saturated carbocycles. The topological polar surface area (TPSA) is 12.0 Å². The zero-order valence-electron chi connectivity index (χ0n) is 9.03. The number of hydrogen-bond donors (Lipinski definition) is 1. The first kappa shape index (κ1) is 12.0. The molecule has 1 heteroatoms. The Kier molecular flexibility index (Phi) is 9.02. The standard InChI is InChI=1S/C7H14.C4H11N/c1-7-5-3-2-4-6-7;1-3-5-4-2/h7H,2-6H2,1H3;5H,3-4H2,1-2H3. The normalized spacial score (nSPS) is 18.2. The van der Waals surface area contributed by atoms with Gasteiger partial charge in [-0.3, -0.25) is 0 Å². The molecule has 0 bridgehead atoms. The van der Waals surface area contributed by atoms with Gasteiger partial charge < -0.3 is 5.32 Å². The maximum absolute atomic E-state index is 3.11. The van der Waals surface area contributed by atoms with Crippen molar-refractivity contribution < 1.29 is 0 Å². The monoisotopic (exact) mass is 171 g/mol. The molecule has 0 saturated heterocycles. The van der Waals surface area contributed by atoms with Gasteiger partial charge in [0.25, 0.3) is 0 Å². The van der Waals surface area contributed by atoms with E-state index in [2.05, 4.69) is 26.1 Å². The summed E-state index contributed by atoms with van der Waals surface area (Å²) in [5.41, 5.74) is 0. The van der Waals surface area contributed by atoms with Gasteiger partial charge in [-0.05, 0) is 19.0 Å². The molecule has 12 heavy (non-hydrogen) atoms. The van der Waals surface area contributed by atoms with Gasteiger partial charge in [0.15, 0.2) is 0 Å². The maximum Gasteiger partial charge on any atom is -0.00775 e. The summed E-state index contributed by atoms with van der Waals surface area (Å²) >= 11 is 0. The van der Waals surface area contributed by atoms with Gasteiger partial charge in [-0.1, -0.05) is 52.9 Å². The highest BCUT2D eigenvalue weighted by Crippen LogP contribution is 2.21. The third-order valence-electron chi connectivity index (χ3n) is 2.39. The fourth-order valence-electron chi connectivity index (χ4n) is 1.56. The van der Waals surface area contributed by atoms with Crippen LogP contribution in [-0.2, 0) is 0 Å². The van der Waals surface area contributed by atoms with Crippen LogP contribution in [0.5, 0.6) is 0 Å². The van der Waals surface area contributed by atoms with E-state index in [1.54, 1.807) is 0 Å². The van der Waals surface area contributed by atoms with E-state index in [1.807, 2.05) is 0 Å². The van der Waals surface area contributed by atoms with Crippen molar-refractivity contribution in [3.63, 3.8) is 0 Å². The molecule has 74 valence electrons. The van der Waals surface area contributed by atoms with E-state index in [9.17, 15) is 0 Å². The van der Waals surface area contributed by atoms with E-state index in [-0.39, 0.29) is 0 Å². The Morgan fingerprint density at radius 3 is 1.67 bits per heavy atom. The quantitative estimate of drug-likeness (QED) is 0.673. The van der Waals surface area contributed by atoms with Crippen molar-refractivity contribution in [2.24, 2.45) is 5.92 Å². The number of hydrogen-bond acceptors (Lipinski definition) is 1. The molecule has 0 unspecified atom stereocenters. The fraction of sp³-hybridized carbons (Fsp3) is 1.00. The lowest BCUT2D eigenvalue weighted by atomic mass is 9.91. The summed E-state index contributed by atoms with van der Waals surface area (Å²) in [6, 6.07) is 0. The second kappa shape index (κ2) is 9.05. The third kappa shape index (κ3) is 8.06. The lowest BCUT2D eigenvalue weighted by molar-refractivity contribution is 0.385. The molecule has 1 aliphatic carbocycles. The lowest BCUT2D eigenvalue weighted by Gasteiger charge is -2.15. The highest BCUT2D eigenvalue weighted by Gasteiger charge is 2.05. The van der Waals surface area contributed by atoms with Crippen molar-refractivity contribution in [1.29, 1.82) is 0 Å². The van der Waals surface area contributed by atoms with Crippen molar-refractivity contribution in [1.82, 2.24) is 5.32 Å². The van der Waals surface area contributed by atoms with E-state index in [0.717, 1.165) is 19.0 Å². The zero-order valence-corrected chi connectivity index (χ0v) is 9.03. The summed E-state index contributed by atoms with van der Waals surface area (Å²) < 4.78 is 0. The predicted octanol–water partition coefficient (Wildman–Crippen LogP) is 3.20. The Bertz CT molecular complexity index is 73.1. The Labute approximate surface area is 77.9 Å². The summed E-state index contributed by atoms with van der Waals surface area (Å²) in [5.74, 6) is 1.04. The molecule has 0 atom stereocenters. The van der Waals surface area contributed by atoms with Crippen LogP contribution in [-0.4, -0.2) is 13.1 Å². The molecular weight excluding hydrogens is 146 g/mol. The molecule has 1 nitrogen and oxygen atoms in total. The van der Waals surface area contributed by atoms with Crippen molar-refractivity contribution in [3.8, 4) is 0 Å². The largest absolute Gasteiger partial charge is 0.317 e. The van der Waals surface area contributed by atoms with Crippen molar-refractivity contribution in [2.75, 3.05) is 13.1 Å². The zero-order chi connectivity index (χ0) is 9.23. The molecule has 1 rings (SSSR count). The van der Waals surface area contributed by atoms with E-state index >= 15 is 0 Å². The minimum atomic E-state index is 1.04. The van der Waals surface area contributed by atoms with Crippen molar-refractivity contribution in [2.45, 2.75) is 52.9 Å². The van der Waals surface area contributed by atoms with E-state index in [1.165, 1.54) is 32.1 Å². The van der Waals surface area contributed by atoms with Crippen molar-refractivity contribution in [3.05, 3.63) is 0 Å². The highest BCUT2D eigenvalue weighted by molar-refractivity contribution is 4.59. The van der Waals surface area contributed by atoms with Gasteiger partial charge in [0.2, 0.25) is 0 Å². The summed E-state index contributed by atoms with van der Waals surface area (Å²) in [5, 5.41) is 3.11. The smallest absolute Gasteiger partial charge is 0.00775 e. The van der Waals surface area contributed by atoms with Gasteiger partial charge in [-0.25, -0.2) is 0 Å². The van der Waals surface area contributed by atoms with Gasteiger partial charge in [0.05, 0.1) is 0 Å². The van der Waals surface area contributed by atoms with Crippen molar-refractivity contribution >= 4 is 0 Å². The summed E-state index contributed by atoms with van der Waals surface area (Å²) in [7, 11) is 0. The van der Waals surface area contributed by atoms with E-state index in [0.29, 0.717) is 0 Å². The Morgan fingerprint density at radius 1 is 1.00 bits per heavy atom. The minimum Gasteiger partial charge on any atom is -0.317 e. The average Bonchev–Trinajstić information content (AvgIpc) is 2.08. The first-order valence-corrected chi connectivity index (χ1v) is 5.52. The van der Waals surface area contributed by atoms with Gasteiger partial charge in [-0.2, -0.15) is 0 Å². The number of nitrogens with one attached hydrogen (secondary N) is 1. The molecule has 0 aromatic rings. The fourth-order valence-corrected chi connectivity index (χ4v) is 1.56. The van der Waals surface area contributed by atoms with Crippen LogP contribution < -0.4 is 5.32 Å². The van der Waals surface area contributed by atoms with Crippen LogP contribution in [0.25, 0.3) is 0 Å². The molecule has 1 N–H and O–H groups in total. The second-order valence-electron chi connectivity index (χ2n) is 3.70. The molecular formula is C11H25N. The molecule has 0 aromatic carbocycles.